The van der Waals surface area contributed by atoms with E-state index in [1.165, 1.54) is 60.9 Å². The second-order valence-electron chi connectivity index (χ2n) is 7.80. The van der Waals surface area contributed by atoms with Gasteiger partial charge >= 0.3 is 0 Å². The standard InChI is InChI=1S/C19H27IN2/c1-21(17-6-7-17)14-16-12-19(16)8-10-22(11-9-19)13-15-4-2-3-5-18(15)20/h2-5,16-17H,6-14H2,1H3. The minimum absolute atomic E-state index is 0.726. The van der Waals surface area contributed by atoms with Gasteiger partial charge in [-0.05, 0) is 97.8 Å². The molecule has 3 fully saturated rings. The molecule has 1 saturated heterocycles. The summed E-state index contributed by atoms with van der Waals surface area (Å²) in [5.41, 5.74) is 2.23. The molecule has 120 valence electrons. The van der Waals surface area contributed by atoms with Crippen molar-refractivity contribution < 1.29 is 0 Å². The number of rotatable bonds is 5. The minimum atomic E-state index is 0.726. The molecule has 1 aliphatic heterocycles. The monoisotopic (exact) mass is 410 g/mol. The van der Waals surface area contributed by atoms with Crippen molar-refractivity contribution in [1.82, 2.24) is 9.80 Å². The van der Waals surface area contributed by atoms with Gasteiger partial charge in [0, 0.05) is 22.7 Å². The van der Waals surface area contributed by atoms with Gasteiger partial charge in [-0.15, -0.1) is 0 Å². The van der Waals surface area contributed by atoms with Gasteiger partial charge in [0.2, 0.25) is 0 Å². The van der Waals surface area contributed by atoms with Crippen LogP contribution in [0.2, 0.25) is 0 Å². The SMILES string of the molecule is CN(CC1CC12CCN(Cc1ccccc1I)CC2)C1CC1. The van der Waals surface area contributed by atoms with Gasteiger partial charge in [0.15, 0.2) is 0 Å². The van der Waals surface area contributed by atoms with Crippen LogP contribution in [0, 0.1) is 14.9 Å². The summed E-state index contributed by atoms with van der Waals surface area (Å²) in [6, 6.07) is 9.76. The summed E-state index contributed by atoms with van der Waals surface area (Å²) in [6.07, 6.45) is 7.25. The zero-order chi connectivity index (χ0) is 15.2. The zero-order valence-electron chi connectivity index (χ0n) is 13.6. The molecule has 2 saturated carbocycles. The third-order valence-electron chi connectivity index (χ3n) is 6.24. The summed E-state index contributed by atoms with van der Waals surface area (Å²) in [5.74, 6) is 0.997. The smallest absolute Gasteiger partial charge is 0.0244 e. The first-order valence-electron chi connectivity index (χ1n) is 8.82. The van der Waals surface area contributed by atoms with E-state index in [1.54, 1.807) is 0 Å². The van der Waals surface area contributed by atoms with Gasteiger partial charge in [-0.2, -0.15) is 0 Å². The summed E-state index contributed by atoms with van der Waals surface area (Å²) < 4.78 is 1.41. The first kappa shape index (κ1) is 15.4. The van der Waals surface area contributed by atoms with E-state index >= 15 is 0 Å². The van der Waals surface area contributed by atoms with E-state index in [1.807, 2.05) is 0 Å². The topological polar surface area (TPSA) is 6.48 Å². The molecule has 1 aromatic rings. The molecule has 1 heterocycles. The van der Waals surface area contributed by atoms with Gasteiger partial charge in [0.05, 0.1) is 0 Å². The Morgan fingerprint density at radius 1 is 1.23 bits per heavy atom. The Bertz CT molecular complexity index is 532. The fourth-order valence-corrected chi connectivity index (χ4v) is 4.90. The van der Waals surface area contributed by atoms with Gasteiger partial charge in [-0.1, -0.05) is 18.2 Å². The molecule has 1 atom stereocenters. The molecule has 3 heteroatoms. The number of benzene rings is 1. The molecule has 0 N–H and O–H groups in total. The Morgan fingerprint density at radius 2 is 1.95 bits per heavy atom. The maximum Gasteiger partial charge on any atom is 0.0244 e. The summed E-state index contributed by atoms with van der Waals surface area (Å²) in [4.78, 5) is 5.31. The number of likely N-dealkylation sites (tertiary alicyclic amines) is 1. The number of hydrogen-bond donors (Lipinski definition) is 0. The van der Waals surface area contributed by atoms with Gasteiger partial charge in [0.1, 0.15) is 0 Å². The Morgan fingerprint density at radius 3 is 2.64 bits per heavy atom. The van der Waals surface area contributed by atoms with E-state index in [4.69, 9.17) is 0 Å². The van der Waals surface area contributed by atoms with Crippen molar-refractivity contribution in [2.24, 2.45) is 11.3 Å². The maximum atomic E-state index is 2.67. The number of hydrogen-bond acceptors (Lipinski definition) is 2. The highest BCUT2D eigenvalue weighted by molar-refractivity contribution is 14.1. The number of nitrogens with zero attached hydrogens (tertiary/aromatic N) is 2. The second-order valence-corrected chi connectivity index (χ2v) is 8.96. The molecule has 0 aromatic heterocycles. The number of halogens is 1. The van der Waals surface area contributed by atoms with Crippen LogP contribution < -0.4 is 0 Å². The molecule has 22 heavy (non-hydrogen) atoms. The zero-order valence-corrected chi connectivity index (χ0v) is 15.8. The lowest BCUT2D eigenvalue weighted by atomic mass is 9.90. The molecule has 0 amide bonds. The van der Waals surface area contributed by atoms with Crippen LogP contribution in [0.5, 0.6) is 0 Å². The fraction of sp³-hybridized carbons (Fsp3) is 0.684. The van der Waals surface area contributed by atoms with E-state index in [0.717, 1.165) is 23.9 Å². The summed E-state index contributed by atoms with van der Waals surface area (Å²) in [5, 5.41) is 0. The lowest BCUT2D eigenvalue weighted by Gasteiger charge is -2.33. The minimum Gasteiger partial charge on any atom is -0.303 e. The first-order valence-corrected chi connectivity index (χ1v) is 9.90. The molecular weight excluding hydrogens is 383 g/mol. The van der Waals surface area contributed by atoms with Crippen LogP contribution in [0.25, 0.3) is 0 Å². The first-order chi connectivity index (χ1) is 10.7. The number of piperidine rings is 1. The Labute approximate surface area is 148 Å². The maximum absolute atomic E-state index is 2.67. The Hall–Kier alpha value is -0.130. The molecule has 0 bridgehead atoms. The molecule has 3 aliphatic rings. The van der Waals surface area contributed by atoms with Crippen molar-refractivity contribution in [2.45, 2.75) is 44.7 Å². The second kappa shape index (κ2) is 6.06. The van der Waals surface area contributed by atoms with Crippen molar-refractivity contribution in [3.05, 3.63) is 33.4 Å². The lowest BCUT2D eigenvalue weighted by molar-refractivity contribution is 0.148. The average Bonchev–Trinajstić information content (AvgIpc) is 3.41. The van der Waals surface area contributed by atoms with Gasteiger partial charge in [0.25, 0.3) is 0 Å². The highest BCUT2D eigenvalue weighted by Gasteiger charge is 2.55. The van der Waals surface area contributed by atoms with Crippen molar-refractivity contribution in [2.75, 3.05) is 26.7 Å². The van der Waals surface area contributed by atoms with Gasteiger partial charge in [-0.3, -0.25) is 4.90 Å². The highest BCUT2D eigenvalue weighted by atomic mass is 127. The van der Waals surface area contributed by atoms with Crippen molar-refractivity contribution >= 4 is 22.6 Å². The van der Waals surface area contributed by atoms with E-state index in [-0.39, 0.29) is 0 Å². The van der Waals surface area contributed by atoms with Crippen LogP contribution in [0.1, 0.15) is 37.7 Å². The van der Waals surface area contributed by atoms with Crippen LogP contribution in [0.15, 0.2) is 24.3 Å². The van der Waals surface area contributed by atoms with Crippen molar-refractivity contribution in [1.29, 1.82) is 0 Å². The molecule has 1 unspecified atom stereocenters. The van der Waals surface area contributed by atoms with Crippen LogP contribution in [0.4, 0.5) is 0 Å². The summed E-state index contributed by atoms with van der Waals surface area (Å²) in [7, 11) is 2.34. The van der Waals surface area contributed by atoms with E-state index < -0.39 is 0 Å². The molecule has 2 aliphatic carbocycles. The van der Waals surface area contributed by atoms with Crippen LogP contribution >= 0.6 is 22.6 Å². The van der Waals surface area contributed by atoms with Crippen LogP contribution in [-0.2, 0) is 6.54 Å². The van der Waals surface area contributed by atoms with Crippen molar-refractivity contribution in [3.8, 4) is 0 Å². The molecular formula is C19H27IN2. The third kappa shape index (κ3) is 3.22. The van der Waals surface area contributed by atoms with Crippen molar-refractivity contribution in [3.63, 3.8) is 0 Å². The summed E-state index contributed by atoms with van der Waals surface area (Å²) in [6.45, 7) is 5.10. The van der Waals surface area contributed by atoms with Crippen LogP contribution in [-0.4, -0.2) is 42.5 Å². The molecule has 4 rings (SSSR count). The average molecular weight is 410 g/mol. The third-order valence-corrected chi connectivity index (χ3v) is 7.29. The van der Waals surface area contributed by atoms with Gasteiger partial charge < -0.3 is 4.90 Å². The quantitative estimate of drug-likeness (QED) is 0.678. The predicted molar refractivity (Wildman–Crippen MR) is 99.9 cm³/mol. The Kier molecular flexibility index (Phi) is 4.24. The highest BCUT2D eigenvalue weighted by Crippen LogP contribution is 2.59. The Balaban J connectivity index is 1.27. The molecule has 1 spiro atoms. The predicted octanol–water partition coefficient (Wildman–Crippen LogP) is 3.99. The van der Waals surface area contributed by atoms with Gasteiger partial charge in [-0.25, -0.2) is 0 Å². The summed E-state index contributed by atoms with van der Waals surface area (Å²) >= 11 is 2.47. The fourth-order valence-electron chi connectivity index (χ4n) is 4.34. The van der Waals surface area contributed by atoms with E-state index in [0.29, 0.717) is 0 Å². The largest absolute Gasteiger partial charge is 0.303 e. The van der Waals surface area contributed by atoms with E-state index in [9.17, 15) is 0 Å². The molecule has 2 nitrogen and oxygen atoms in total. The van der Waals surface area contributed by atoms with Crippen LogP contribution in [0.3, 0.4) is 0 Å². The molecule has 1 aromatic carbocycles. The lowest BCUT2D eigenvalue weighted by Crippen LogP contribution is -2.36. The molecule has 0 radical (unpaired) electrons. The normalized spacial score (nSPS) is 27.5. The van der Waals surface area contributed by atoms with E-state index in [2.05, 4.69) is 63.7 Å².